The Kier molecular flexibility index (Phi) is 7.45. The molecule has 0 spiro atoms. The molecule has 0 aromatic heterocycles. The van der Waals surface area contributed by atoms with Crippen LogP contribution in [0, 0.1) is 5.82 Å². The van der Waals surface area contributed by atoms with Gasteiger partial charge in [-0.2, -0.15) is 0 Å². The average molecular weight is 496 g/mol. The van der Waals surface area contributed by atoms with Crippen LogP contribution in [0.3, 0.4) is 0 Å². The number of allylic oxidation sites excluding steroid dienone is 1. The summed E-state index contributed by atoms with van der Waals surface area (Å²) in [6.07, 6.45) is 0. The predicted molar refractivity (Wildman–Crippen MR) is 135 cm³/mol. The van der Waals surface area contributed by atoms with Gasteiger partial charge in [-0.1, -0.05) is 60.1 Å². The van der Waals surface area contributed by atoms with E-state index in [0.717, 1.165) is 11.1 Å². The van der Waals surface area contributed by atoms with Crippen LogP contribution in [-0.2, 0) is 17.9 Å². The summed E-state index contributed by atoms with van der Waals surface area (Å²) in [5.41, 5.74) is 3.39. The zero-order valence-corrected chi connectivity index (χ0v) is 20.0. The summed E-state index contributed by atoms with van der Waals surface area (Å²) in [5, 5.41) is 9.95. The minimum atomic E-state index is -0.431. The third-order valence-corrected chi connectivity index (χ3v) is 6.04. The molecule has 4 rings (SSSR count). The van der Waals surface area contributed by atoms with E-state index in [2.05, 4.69) is 16.0 Å². The Morgan fingerprint density at radius 2 is 1.82 bits per heavy atom. The average Bonchev–Trinajstić information content (AvgIpc) is 2.83. The summed E-state index contributed by atoms with van der Waals surface area (Å²) in [4.78, 5) is 13.1. The molecule has 1 aliphatic rings. The first kappa shape index (κ1) is 23.7. The smallest absolute Gasteiger partial charge is 0.251 e. The van der Waals surface area contributed by atoms with Gasteiger partial charge in [0.15, 0.2) is 5.11 Å². The second-order valence-electron chi connectivity index (χ2n) is 7.80. The normalized spacial score (nSPS) is 15.4. The molecule has 1 atom stereocenters. The van der Waals surface area contributed by atoms with Gasteiger partial charge in [-0.15, -0.1) is 0 Å². The molecule has 0 fully saturated rings. The van der Waals surface area contributed by atoms with Gasteiger partial charge >= 0.3 is 0 Å². The summed E-state index contributed by atoms with van der Waals surface area (Å²) in [5.74, 6) is -0.0537. The van der Waals surface area contributed by atoms with Gasteiger partial charge < -0.3 is 20.7 Å². The number of ether oxygens (including phenoxy) is 1. The molecule has 0 saturated carbocycles. The zero-order valence-electron chi connectivity index (χ0n) is 18.4. The Balaban J connectivity index is 1.49. The summed E-state index contributed by atoms with van der Waals surface area (Å²) < 4.78 is 19.7. The number of carbonyl (C=O) groups excluding carboxylic acids is 1. The molecule has 0 radical (unpaired) electrons. The van der Waals surface area contributed by atoms with Crippen molar-refractivity contribution in [1.29, 1.82) is 0 Å². The van der Waals surface area contributed by atoms with E-state index in [9.17, 15) is 9.18 Å². The summed E-state index contributed by atoms with van der Waals surface area (Å²) in [6, 6.07) is 21.0. The van der Waals surface area contributed by atoms with Crippen molar-refractivity contribution < 1.29 is 13.9 Å². The van der Waals surface area contributed by atoms with Crippen LogP contribution in [-0.4, -0.2) is 11.0 Å². The highest BCUT2D eigenvalue weighted by Crippen LogP contribution is 2.29. The lowest BCUT2D eigenvalue weighted by Crippen LogP contribution is -2.46. The Labute approximate surface area is 208 Å². The molecular weight excluding hydrogens is 473 g/mol. The van der Waals surface area contributed by atoms with Crippen LogP contribution < -0.4 is 20.7 Å². The maximum absolute atomic E-state index is 14.0. The predicted octanol–water partition coefficient (Wildman–Crippen LogP) is 5.17. The molecule has 8 heteroatoms. The molecule has 1 amide bonds. The first-order valence-electron chi connectivity index (χ1n) is 10.7. The number of halogens is 2. The second-order valence-corrected chi connectivity index (χ2v) is 8.61. The number of hydrogen-bond acceptors (Lipinski definition) is 3. The number of carbonyl (C=O) groups is 1. The van der Waals surface area contributed by atoms with Crippen molar-refractivity contribution in [1.82, 2.24) is 16.0 Å². The molecule has 0 unspecified atom stereocenters. The number of benzene rings is 3. The van der Waals surface area contributed by atoms with Gasteiger partial charge in [-0.25, -0.2) is 4.39 Å². The highest BCUT2D eigenvalue weighted by atomic mass is 35.5. The maximum Gasteiger partial charge on any atom is 0.251 e. The van der Waals surface area contributed by atoms with E-state index in [1.165, 1.54) is 6.07 Å². The second kappa shape index (κ2) is 10.7. The van der Waals surface area contributed by atoms with Crippen LogP contribution in [0.5, 0.6) is 5.75 Å². The summed E-state index contributed by atoms with van der Waals surface area (Å²) in [6.45, 7) is 2.25. The first-order chi connectivity index (χ1) is 16.4. The third-order valence-electron chi connectivity index (χ3n) is 5.47. The van der Waals surface area contributed by atoms with Gasteiger partial charge in [0, 0.05) is 17.8 Å². The molecule has 5 nitrogen and oxygen atoms in total. The lowest BCUT2D eigenvalue weighted by atomic mass is 9.95. The molecule has 0 bridgehead atoms. The maximum atomic E-state index is 14.0. The molecule has 34 heavy (non-hydrogen) atoms. The fraction of sp³-hybridized carbons (Fsp3) is 0.154. The number of nitrogens with one attached hydrogen (secondary N) is 3. The number of rotatable bonds is 7. The van der Waals surface area contributed by atoms with Crippen LogP contribution in [0.15, 0.2) is 84.1 Å². The Morgan fingerprint density at radius 1 is 1.09 bits per heavy atom. The molecule has 0 saturated heterocycles. The van der Waals surface area contributed by atoms with Gasteiger partial charge in [-0.05, 0) is 54.5 Å². The third kappa shape index (κ3) is 5.55. The SMILES string of the molecule is CC1=C(C(=O)NCc2ccccc2)[C@@H](c2ccc(OCc3c(F)cccc3Cl)cc2)NC(=S)N1. The van der Waals surface area contributed by atoms with Crippen LogP contribution in [0.25, 0.3) is 0 Å². The zero-order chi connectivity index (χ0) is 24.1. The van der Waals surface area contributed by atoms with Crippen molar-refractivity contribution >= 4 is 34.8 Å². The molecule has 174 valence electrons. The van der Waals surface area contributed by atoms with E-state index in [4.69, 9.17) is 28.6 Å². The number of hydrogen-bond donors (Lipinski definition) is 3. The van der Waals surface area contributed by atoms with Crippen LogP contribution in [0.4, 0.5) is 4.39 Å². The fourth-order valence-electron chi connectivity index (χ4n) is 3.70. The number of thiocarbonyl (C=S) groups is 1. The largest absolute Gasteiger partial charge is 0.489 e. The number of amides is 1. The lowest BCUT2D eigenvalue weighted by Gasteiger charge is -2.30. The van der Waals surface area contributed by atoms with Gasteiger partial charge in [0.2, 0.25) is 0 Å². The molecule has 3 aromatic carbocycles. The Bertz CT molecular complexity index is 1210. The van der Waals surface area contributed by atoms with Crippen molar-refractivity contribution in [3.63, 3.8) is 0 Å². The standard InChI is InChI=1S/C26H23ClFN3O2S/c1-16-23(25(32)29-14-17-6-3-2-4-7-17)24(31-26(34)30-16)18-10-12-19(13-11-18)33-15-20-21(27)8-5-9-22(20)28/h2-13,24H,14-15H2,1H3,(H,29,32)(H2,30,31,34)/t24-/m1/s1. The van der Waals surface area contributed by atoms with Crippen LogP contribution >= 0.6 is 23.8 Å². The first-order valence-corrected chi connectivity index (χ1v) is 11.5. The quantitative estimate of drug-likeness (QED) is 0.395. The van der Waals surface area contributed by atoms with Crippen LogP contribution in [0.1, 0.15) is 29.7 Å². The molecule has 0 aliphatic carbocycles. The van der Waals surface area contributed by atoms with E-state index in [-0.39, 0.29) is 12.5 Å². The summed E-state index contributed by atoms with van der Waals surface area (Å²) >= 11 is 11.4. The van der Waals surface area contributed by atoms with E-state index in [0.29, 0.717) is 39.3 Å². The van der Waals surface area contributed by atoms with Gasteiger partial charge in [0.25, 0.3) is 5.91 Å². The molecule has 1 aliphatic heterocycles. The minimum absolute atomic E-state index is 0.00664. The highest BCUT2D eigenvalue weighted by Gasteiger charge is 2.29. The molecule has 3 N–H and O–H groups in total. The van der Waals surface area contributed by atoms with E-state index >= 15 is 0 Å². The van der Waals surface area contributed by atoms with E-state index < -0.39 is 11.9 Å². The van der Waals surface area contributed by atoms with Crippen molar-refractivity contribution in [2.45, 2.75) is 26.1 Å². The van der Waals surface area contributed by atoms with Gasteiger partial charge in [0.05, 0.1) is 16.6 Å². The topological polar surface area (TPSA) is 62.4 Å². The van der Waals surface area contributed by atoms with Gasteiger partial charge in [-0.3, -0.25) is 4.79 Å². The van der Waals surface area contributed by atoms with Crippen molar-refractivity contribution in [3.05, 3.63) is 112 Å². The molecule has 1 heterocycles. The lowest BCUT2D eigenvalue weighted by molar-refractivity contribution is -0.118. The Morgan fingerprint density at radius 3 is 2.53 bits per heavy atom. The molecular formula is C26H23ClFN3O2S. The fourth-order valence-corrected chi connectivity index (χ4v) is 4.19. The van der Waals surface area contributed by atoms with E-state index in [1.54, 1.807) is 24.3 Å². The molecule has 3 aromatic rings. The highest BCUT2D eigenvalue weighted by molar-refractivity contribution is 7.80. The van der Waals surface area contributed by atoms with Crippen LogP contribution in [0.2, 0.25) is 5.02 Å². The Hall–Kier alpha value is -3.42. The van der Waals surface area contributed by atoms with E-state index in [1.807, 2.05) is 49.4 Å². The van der Waals surface area contributed by atoms with Crippen molar-refractivity contribution in [2.24, 2.45) is 0 Å². The van der Waals surface area contributed by atoms with Crippen molar-refractivity contribution in [2.75, 3.05) is 0 Å². The monoisotopic (exact) mass is 495 g/mol. The van der Waals surface area contributed by atoms with Gasteiger partial charge in [0.1, 0.15) is 18.2 Å². The summed E-state index contributed by atoms with van der Waals surface area (Å²) in [7, 11) is 0. The minimum Gasteiger partial charge on any atom is -0.489 e. The van der Waals surface area contributed by atoms with Crippen molar-refractivity contribution in [3.8, 4) is 5.75 Å².